The Morgan fingerprint density at radius 2 is 2.33 bits per heavy atom. The Bertz CT molecular complexity index is 437. The molecule has 5 heteroatoms. The molecule has 0 fully saturated rings. The molecule has 3 nitrogen and oxygen atoms in total. The van der Waals surface area contributed by atoms with Crippen LogP contribution in [0.5, 0.6) is 0 Å². The second kappa shape index (κ2) is 2.71. The predicted molar refractivity (Wildman–Crippen MR) is 50.4 cm³/mol. The van der Waals surface area contributed by atoms with Crippen LogP contribution in [0.3, 0.4) is 0 Å². The molecule has 0 aromatic carbocycles. The van der Waals surface area contributed by atoms with Crippen LogP contribution in [0.15, 0.2) is 17.0 Å². The maximum Gasteiger partial charge on any atom is 0.179 e. The van der Waals surface area contributed by atoms with Crippen LogP contribution in [-0.2, 0) is 0 Å². The van der Waals surface area contributed by atoms with Gasteiger partial charge < -0.3 is 0 Å². The number of rotatable bonds is 0. The van der Waals surface area contributed by atoms with Gasteiger partial charge in [-0.05, 0) is 28.4 Å². The standard InChI is InChI=1S/C7H5BrClN3/c1-4-5(8)2-12-3-10-11-7(12)6(4)9/h2-3H,1H3. The number of pyridine rings is 1. The van der Waals surface area contributed by atoms with Gasteiger partial charge in [-0.25, -0.2) is 0 Å². The van der Waals surface area contributed by atoms with Gasteiger partial charge in [0.2, 0.25) is 0 Å². The van der Waals surface area contributed by atoms with E-state index < -0.39 is 0 Å². The van der Waals surface area contributed by atoms with Gasteiger partial charge in [0.05, 0.1) is 5.02 Å². The topological polar surface area (TPSA) is 30.2 Å². The first-order valence-corrected chi connectivity index (χ1v) is 4.51. The predicted octanol–water partition coefficient (Wildman–Crippen LogP) is 2.45. The van der Waals surface area contributed by atoms with Gasteiger partial charge in [-0.1, -0.05) is 11.6 Å². The molecule has 0 atom stereocenters. The summed E-state index contributed by atoms with van der Waals surface area (Å²) in [6.45, 7) is 1.93. The van der Waals surface area contributed by atoms with Crippen LogP contribution in [0.25, 0.3) is 5.65 Å². The maximum atomic E-state index is 6.02. The second-order valence-corrected chi connectivity index (χ2v) is 3.71. The molecular weight excluding hydrogens is 241 g/mol. The Hall–Kier alpha value is -0.610. The van der Waals surface area contributed by atoms with Gasteiger partial charge in [0.15, 0.2) is 5.65 Å². The largest absolute Gasteiger partial charge is 0.287 e. The molecule has 0 amide bonds. The Kier molecular flexibility index (Phi) is 1.81. The molecule has 0 aliphatic heterocycles. The molecule has 62 valence electrons. The average Bonchev–Trinajstić information content (AvgIpc) is 2.48. The first-order chi connectivity index (χ1) is 5.70. The summed E-state index contributed by atoms with van der Waals surface area (Å²) in [6.07, 6.45) is 3.50. The average molecular weight is 246 g/mol. The third-order valence-corrected chi connectivity index (χ3v) is 2.96. The van der Waals surface area contributed by atoms with Crippen LogP contribution in [0.2, 0.25) is 5.02 Å². The van der Waals surface area contributed by atoms with E-state index in [9.17, 15) is 0 Å². The first kappa shape index (κ1) is 8.01. The molecule has 12 heavy (non-hydrogen) atoms. The summed E-state index contributed by atoms with van der Waals surface area (Å²) in [4.78, 5) is 0. The molecule has 0 saturated carbocycles. The summed E-state index contributed by atoms with van der Waals surface area (Å²) in [5.41, 5.74) is 1.68. The molecule has 2 heterocycles. The number of fused-ring (bicyclic) bond motifs is 1. The van der Waals surface area contributed by atoms with Crippen LogP contribution in [0.4, 0.5) is 0 Å². The fraction of sp³-hybridized carbons (Fsp3) is 0.143. The Labute approximate surface area is 82.5 Å². The van der Waals surface area contributed by atoms with Gasteiger partial charge in [0.25, 0.3) is 0 Å². The second-order valence-electron chi connectivity index (χ2n) is 2.48. The molecule has 0 radical (unpaired) electrons. The van der Waals surface area contributed by atoms with Gasteiger partial charge in [-0.3, -0.25) is 4.40 Å². The van der Waals surface area contributed by atoms with E-state index in [0.29, 0.717) is 10.7 Å². The van der Waals surface area contributed by atoms with E-state index in [-0.39, 0.29) is 0 Å². The minimum Gasteiger partial charge on any atom is -0.287 e. The van der Waals surface area contributed by atoms with E-state index in [1.54, 1.807) is 10.7 Å². The van der Waals surface area contributed by atoms with E-state index in [2.05, 4.69) is 26.1 Å². The summed E-state index contributed by atoms with van der Waals surface area (Å²) >= 11 is 9.41. The van der Waals surface area contributed by atoms with Gasteiger partial charge in [-0.15, -0.1) is 10.2 Å². The van der Waals surface area contributed by atoms with Crippen LogP contribution in [0, 0.1) is 6.92 Å². The lowest BCUT2D eigenvalue weighted by atomic mass is 10.3. The summed E-state index contributed by atoms with van der Waals surface area (Å²) in [5.74, 6) is 0. The molecule has 2 aromatic heterocycles. The molecule has 0 spiro atoms. The quantitative estimate of drug-likeness (QED) is 0.715. The minimum atomic E-state index is 0.641. The van der Waals surface area contributed by atoms with Crippen molar-refractivity contribution < 1.29 is 0 Å². The fourth-order valence-electron chi connectivity index (χ4n) is 0.986. The highest BCUT2D eigenvalue weighted by atomic mass is 79.9. The third-order valence-electron chi connectivity index (χ3n) is 1.71. The fourth-order valence-corrected chi connectivity index (χ4v) is 1.76. The zero-order valence-corrected chi connectivity index (χ0v) is 8.59. The molecule has 2 aromatic rings. The summed E-state index contributed by atoms with van der Waals surface area (Å²) < 4.78 is 2.74. The van der Waals surface area contributed by atoms with E-state index in [1.807, 2.05) is 13.1 Å². The van der Waals surface area contributed by atoms with Crippen molar-refractivity contribution in [2.75, 3.05) is 0 Å². The molecule has 0 N–H and O–H groups in total. The number of hydrogen-bond donors (Lipinski definition) is 0. The van der Waals surface area contributed by atoms with Gasteiger partial charge in [0.1, 0.15) is 6.33 Å². The van der Waals surface area contributed by atoms with Crippen molar-refractivity contribution in [2.45, 2.75) is 6.92 Å². The van der Waals surface area contributed by atoms with E-state index in [0.717, 1.165) is 10.0 Å². The van der Waals surface area contributed by atoms with Gasteiger partial charge in [0, 0.05) is 10.7 Å². The summed E-state index contributed by atoms with van der Waals surface area (Å²) in [7, 11) is 0. The minimum absolute atomic E-state index is 0.641. The van der Waals surface area contributed by atoms with Crippen molar-refractivity contribution in [3.8, 4) is 0 Å². The molecule has 0 aliphatic rings. The first-order valence-electron chi connectivity index (χ1n) is 3.34. The number of halogens is 2. The van der Waals surface area contributed by atoms with E-state index >= 15 is 0 Å². The number of aromatic nitrogens is 3. The highest BCUT2D eigenvalue weighted by Gasteiger charge is 2.07. The van der Waals surface area contributed by atoms with Crippen molar-refractivity contribution in [1.29, 1.82) is 0 Å². The smallest absolute Gasteiger partial charge is 0.179 e. The van der Waals surface area contributed by atoms with Gasteiger partial charge in [-0.2, -0.15) is 0 Å². The highest BCUT2D eigenvalue weighted by molar-refractivity contribution is 9.10. The van der Waals surface area contributed by atoms with E-state index in [4.69, 9.17) is 11.6 Å². The van der Waals surface area contributed by atoms with Crippen molar-refractivity contribution >= 4 is 33.2 Å². The summed E-state index contributed by atoms with van der Waals surface area (Å²) in [5, 5.41) is 8.27. The molecule has 0 aliphatic carbocycles. The van der Waals surface area contributed by atoms with Crippen molar-refractivity contribution in [2.24, 2.45) is 0 Å². The zero-order valence-electron chi connectivity index (χ0n) is 6.25. The van der Waals surface area contributed by atoms with E-state index in [1.165, 1.54) is 0 Å². The van der Waals surface area contributed by atoms with Gasteiger partial charge >= 0.3 is 0 Å². The van der Waals surface area contributed by atoms with Crippen molar-refractivity contribution in [3.05, 3.63) is 27.6 Å². The lowest BCUT2D eigenvalue weighted by Crippen LogP contribution is -1.88. The van der Waals surface area contributed by atoms with Crippen LogP contribution in [0.1, 0.15) is 5.56 Å². The molecule has 0 unspecified atom stereocenters. The SMILES string of the molecule is Cc1c(Br)cn2cnnc2c1Cl. The van der Waals surface area contributed by atoms with Crippen LogP contribution < -0.4 is 0 Å². The van der Waals surface area contributed by atoms with Crippen molar-refractivity contribution in [1.82, 2.24) is 14.6 Å². The number of hydrogen-bond acceptors (Lipinski definition) is 2. The number of nitrogens with zero attached hydrogens (tertiary/aromatic N) is 3. The molecule has 2 rings (SSSR count). The Morgan fingerprint density at radius 3 is 3.08 bits per heavy atom. The lowest BCUT2D eigenvalue weighted by Gasteiger charge is -2.01. The normalized spacial score (nSPS) is 10.9. The molecule has 0 bridgehead atoms. The highest BCUT2D eigenvalue weighted by Crippen LogP contribution is 2.26. The third kappa shape index (κ3) is 1.03. The van der Waals surface area contributed by atoms with Crippen LogP contribution in [-0.4, -0.2) is 14.6 Å². The molecule has 0 saturated heterocycles. The maximum absolute atomic E-state index is 6.02. The van der Waals surface area contributed by atoms with Crippen LogP contribution >= 0.6 is 27.5 Å². The Morgan fingerprint density at radius 1 is 1.58 bits per heavy atom. The lowest BCUT2D eigenvalue weighted by molar-refractivity contribution is 1.10. The molecular formula is C7H5BrClN3. The summed E-state index contributed by atoms with van der Waals surface area (Å²) in [6, 6.07) is 0. The van der Waals surface area contributed by atoms with Crippen molar-refractivity contribution in [3.63, 3.8) is 0 Å². The zero-order chi connectivity index (χ0) is 8.72. The Balaban J connectivity index is 2.94. The monoisotopic (exact) mass is 245 g/mol.